The number of amides is 2. The second-order valence-corrected chi connectivity index (χ2v) is 7.13. The van der Waals surface area contributed by atoms with Gasteiger partial charge in [-0.25, -0.2) is 9.69 Å². The average Bonchev–Trinajstić information content (AvgIpc) is 2.89. The number of hydrogen-bond donors (Lipinski definition) is 0. The monoisotopic (exact) mass is 389 g/mol. The number of fused-ring (bicyclic) bond motifs is 1. The van der Waals surface area contributed by atoms with Gasteiger partial charge in [-0.2, -0.15) is 0 Å². The Morgan fingerprint density at radius 3 is 2.41 bits per heavy atom. The maximum Gasteiger partial charge on any atom is 0.334 e. The van der Waals surface area contributed by atoms with Gasteiger partial charge in [-0.15, -0.1) is 0 Å². The van der Waals surface area contributed by atoms with Crippen molar-refractivity contribution in [1.29, 1.82) is 0 Å². The van der Waals surface area contributed by atoms with E-state index in [-0.39, 0.29) is 12.2 Å². The molecule has 27 heavy (non-hydrogen) atoms. The minimum absolute atomic E-state index is 0.137. The van der Waals surface area contributed by atoms with Gasteiger partial charge in [0.2, 0.25) is 11.8 Å². The highest BCUT2D eigenvalue weighted by atomic mass is 35.5. The lowest BCUT2D eigenvalue weighted by molar-refractivity contribution is -0.173. The van der Waals surface area contributed by atoms with E-state index >= 15 is 0 Å². The summed E-state index contributed by atoms with van der Waals surface area (Å²) in [4.78, 5) is 52.0. The average molecular weight is 390 g/mol. The lowest BCUT2D eigenvalue weighted by Gasteiger charge is -2.42. The normalized spacial score (nSPS) is 29.1. The van der Waals surface area contributed by atoms with Crippen LogP contribution < -0.4 is 4.90 Å². The van der Waals surface area contributed by atoms with Crippen molar-refractivity contribution < 1.29 is 28.7 Å². The van der Waals surface area contributed by atoms with Crippen LogP contribution in [0.4, 0.5) is 5.69 Å². The van der Waals surface area contributed by atoms with Crippen molar-refractivity contribution >= 4 is 41.0 Å². The molecule has 0 spiro atoms. The number of benzene rings is 1. The molecule has 2 fully saturated rings. The fourth-order valence-corrected chi connectivity index (χ4v) is 4.32. The SMILES string of the molecule is CCOC(=O)C1=C(C)[C@H]2OC(=O)[C@H]1[C@H]1C(=O)N(c3ccc(Cl)cc3)C(=O)[C@@H]12. The van der Waals surface area contributed by atoms with Gasteiger partial charge in [0, 0.05) is 5.02 Å². The van der Waals surface area contributed by atoms with Crippen LogP contribution in [0.1, 0.15) is 13.8 Å². The molecule has 2 saturated heterocycles. The predicted octanol–water partition coefficient (Wildman–Crippen LogP) is 1.88. The molecule has 5 rings (SSSR count). The quantitative estimate of drug-likeness (QED) is 0.579. The van der Waals surface area contributed by atoms with Crippen LogP contribution in [0.2, 0.25) is 5.02 Å². The molecule has 3 aliphatic heterocycles. The lowest BCUT2D eigenvalue weighted by atomic mass is 9.66. The van der Waals surface area contributed by atoms with Crippen molar-refractivity contribution in [1.82, 2.24) is 0 Å². The van der Waals surface area contributed by atoms with Crippen LogP contribution in [0.25, 0.3) is 0 Å². The van der Waals surface area contributed by atoms with Gasteiger partial charge in [0.15, 0.2) is 0 Å². The van der Waals surface area contributed by atoms with Crippen LogP contribution in [0.3, 0.4) is 0 Å². The molecular weight excluding hydrogens is 374 g/mol. The Labute approximate surface area is 159 Å². The zero-order valence-corrected chi connectivity index (χ0v) is 15.4. The number of esters is 2. The molecule has 4 aliphatic rings. The minimum Gasteiger partial charge on any atom is -0.463 e. The van der Waals surface area contributed by atoms with Crippen molar-refractivity contribution in [3.63, 3.8) is 0 Å². The Morgan fingerprint density at radius 2 is 1.78 bits per heavy atom. The number of carbonyl (C=O) groups is 4. The maximum atomic E-state index is 13.1. The van der Waals surface area contributed by atoms with Crippen molar-refractivity contribution in [2.45, 2.75) is 20.0 Å². The Bertz CT molecular complexity index is 905. The molecule has 2 bridgehead atoms. The molecule has 3 heterocycles. The number of anilines is 1. The first-order valence-electron chi connectivity index (χ1n) is 8.58. The summed E-state index contributed by atoms with van der Waals surface area (Å²) >= 11 is 5.88. The summed E-state index contributed by atoms with van der Waals surface area (Å²) in [6.07, 6.45) is -0.944. The number of carbonyl (C=O) groups excluding carboxylic acids is 4. The van der Waals surface area contributed by atoms with Crippen molar-refractivity contribution in [3.8, 4) is 0 Å². The van der Waals surface area contributed by atoms with Crippen LogP contribution in [-0.4, -0.2) is 36.5 Å². The molecule has 7 nitrogen and oxygen atoms in total. The molecule has 8 heteroatoms. The highest BCUT2D eigenvalue weighted by molar-refractivity contribution is 6.31. The van der Waals surface area contributed by atoms with Crippen molar-refractivity contribution in [3.05, 3.63) is 40.4 Å². The number of halogens is 1. The standard InChI is InChI=1S/C19H16ClNO6/c1-3-26-18(24)11-8(2)15-14-12(13(11)19(25)27-15)16(22)21(17(14)23)10-6-4-9(20)5-7-10/h4-7,12-15H,3H2,1-2H3/t12-,13-,14+,15-/m1/s1. The van der Waals surface area contributed by atoms with Crippen LogP contribution in [0.15, 0.2) is 35.4 Å². The number of rotatable bonds is 3. The summed E-state index contributed by atoms with van der Waals surface area (Å²) in [5.74, 6) is -5.23. The van der Waals surface area contributed by atoms with Crippen molar-refractivity contribution in [2.75, 3.05) is 11.5 Å². The van der Waals surface area contributed by atoms with E-state index in [1.165, 1.54) is 0 Å². The summed E-state index contributed by atoms with van der Waals surface area (Å²) in [5, 5.41) is 0.468. The highest BCUT2D eigenvalue weighted by Gasteiger charge is 2.65. The summed E-state index contributed by atoms with van der Waals surface area (Å²) in [5.41, 5.74) is 0.975. The molecule has 140 valence electrons. The van der Waals surface area contributed by atoms with Gasteiger partial charge in [0.25, 0.3) is 0 Å². The molecule has 2 amide bonds. The fraction of sp³-hybridized carbons (Fsp3) is 0.368. The molecule has 1 aromatic rings. The molecule has 0 radical (unpaired) electrons. The van der Waals surface area contributed by atoms with Gasteiger partial charge >= 0.3 is 11.9 Å². The van der Waals surface area contributed by atoms with E-state index in [1.807, 2.05) is 0 Å². The maximum absolute atomic E-state index is 13.1. The lowest BCUT2D eigenvalue weighted by Crippen LogP contribution is -2.54. The predicted molar refractivity (Wildman–Crippen MR) is 93.6 cm³/mol. The first kappa shape index (κ1) is 17.7. The summed E-state index contributed by atoms with van der Waals surface area (Å²) in [6.45, 7) is 3.43. The van der Waals surface area contributed by atoms with E-state index in [0.717, 1.165) is 4.90 Å². The molecule has 0 unspecified atom stereocenters. The van der Waals surface area contributed by atoms with Crippen LogP contribution in [0.5, 0.6) is 0 Å². The molecule has 4 atom stereocenters. The number of ether oxygens (including phenoxy) is 2. The largest absolute Gasteiger partial charge is 0.463 e. The highest BCUT2D eigenvalue weighted by Crippen LogP contribution is 2.51. The number of nitrogens with zero attached hydrogens (tertiary/aromatic N) is 1. The fourth-order valence-electron chi connectivity index (χ4n) is 4.20. The third-order valence-electron chi connectivity index (χ3n) is 5.32. The van der Waals surface area contributed by atoms with Gasteiger partial charge in [0.1, 0.15) is 12.0 Å². The van der Waals surface area contributed by atoms with E-state index in [0.29, 0.717) is 16.3 Å². The smallest absolute Gasteiger partial charge is 0.334 e. The van der Waals surface area contributed by atoms with E-state index in [1.54, 1.807) is 38.1 Å². The van der Waals surface area contributed by atoms with Gasteiger partial charge in [-0.3, -0.25) is 14.4 Å². The number of imide groups is 1. The third-order valence-corrected chi connectivity index (χ3v) is 5.58. The first-order valence-corrected chi connectivity index (χ1v) is 8.96. The van der Waals surface area contributed by atoms with E-state index < -0.39 is 47.6 Å². The Morgan fingerprint density at radius 1 is 1.15 bits per heavy atom. The van der Waals surface area contributed by atoms with Crippen LogP contribution in [-0.2, 0) is 28.7 Å². The number of hydrogen-bond acceptors (Lipinski definition) is 6. The van der Waals surface area contributed by atoms with Gasteiger partial charge in [-0.05, 0) is 43.7 Å². The Hall–Kier alpha value is -2.67. The second kappa shape index (κ2) is 6.20. The second-order valence-electron chi connectivity index (χ2n) is 6.69. The molecular formula is C19H16ClNO6. The Kier molecular flexibility index (Phi) is 4.07. The zero-order valence-electron chi connectivity index (χ0n) is 14.6. The molecule has 0 N–H and O–H groups in total. The van der Waals surface area contributed by atoms with Gasteiger partial charge in [0.05, 0.1) is 29.7 Å². The van der Waals surface area contributed by atoms with E-state index in [4.69, 9.17) is 21.1 Å². The topological polar surface area (TPSA) is 90.0 Å². The first-order chi connectivity index (χ1) is 12.9. The molecule has 1 aliphatic carbocycles. The third kappa shape index (κ3) is 2.41. The van der Waals surface area contributed by atoms with Crippen LogP contribution >= 0.6 is 11.6 Å². The van der Waals surface area contributed by atoms with Gasteiger partial charge in [-0.1, -0.05) is 11.6 Å². The summed E-state index contributed by atoms with van der Waals surface area (Å²) in [7, 11) is 0. The minimum atomic E-state index is -1.13. The molecule has 0 aromatic heterocycles. The van der Waals surface area contributed by atoms with E-state index in [2.05, 4.69) is 0 Å². The van der Waals surface area contributed by atoms with E-state index in [9.17, 15) is 19.2 Å². The van der Waals surface area contributed by atoms with Crippen molar-refractivity contribution in [2.24, 2.45) is 17.8 Å². The summed E-state index contributed by atoms with van der Waals surface area (Å²) in [6, 6.07) is 6.27. The molecule has 1 aromatic carbocycles. The molecule has 0 saturated carbocycles. The zero-order chi connectivity index (χ0) is 19.5. The Balaban J connectivity index is 1.79. The summed E-state index contributed by atoms with van der Waals surface area (Å²) < 4.78 is 10.4. The van der Waals surface area contributed by atoms with Crippen LogP contribution in [0, 0.1) is 17.8 Å². The van der Waals surface area contributed by atoms with Gasteiger partial charge < -0.3 is 9.47 Å².